The molecule has 0 aliphatic carbocycles. The number of esters is 2. The van der Waals surface area contributed by atoms with Crippen LogP contribution in [-0.2, 0) is 48.8 Å². The summed E-state index contributed by atoms with van der Waals surface area (Å²) in [4.78, 5) is 25.3. The van der Waals surface area contributed by atoms with E-state index in [0.717, 1.165) is 6.07 Å². The zero-order valence-electron chi connectivity index (χ0n) is 20.0. The van der Waals surface area contributed by atoms with Crippen molar-refractivity contribution in [2.24, 2.45) is 0 Å². The molecule has 1 aromatic rings. The lowest BCUT2D eigenvalue weighted by molar-refractivity contribution is 0.0389. The summed E-state index contributed by atoms with van der Waals surface area (Å²) in [5.74, 6) is -5.96. The minimum Gasteiger partial charge on any atom is -0.457 e. The standard InChI is InChI=1S/C22H26O12S4/c1-5-35(25,26)13-19(14-36(27,28)6-2)33-21(23)17-10-9-11-18(12-17)22(24)34-20(15-37(29,30)7-3)16-38(31,32)8-4/h5-12,19-20H,1-4,13-16H2. The topological polar surface area (TPSA) is 189 Å². The molecule has 0 fully saturated rings. The number of benzene rings is 1. The first-order valence-electron chi connectivity index (χ1n) is 10.3. The Morgan fingerprint density at radius 2 is 0.868 bits per heavy atom. The predicted molar refractivity (Wildman–Crippen MR) is 141 cm³/mol. The van der Waals surface area contributed by atoms with Crippen molar-refractivity contribution in [2.75, 3.05) is 23.0 Å². The first-order valence-corrected chi connectivity index (χ1v) is 17.2. The highest BCUT2D eigenvalue weighted by atomic mass is 32.2. The maximum Gasteiger partial charge on any atom is 0.338 e. The van der Waals surface area contributed by atoms with Gasteiger partial charge in [0.1, 0.15) is 12.2 Å². The molecular formula is C22H26O12S4. The minimum atomic E-state index is -4.00. The summed E-state index contributed by atoms with van der Waals surface area (Å²) >= 11 is 0. The van der Waals surface area contributed by atoms with Crippen molar-refractivity contribution in [3.8, 4) is 0 Å². The molecule has 0 saturated carbocycles. The molecule has 210 valence electrons. The van der Waals surface area contributed by atoms with Gasteiger partial charge in [-0.1, -0.05) is 32.4 Å². The van der Waals surface area contributed by atoms with Crippen molar-refractivity contribution in [2.45, 2.75) is 12.2 Å². The van der Waals surface area contributed by atoms with Crippen LogP contribution in [0, 0.1) is 0 Å². The molecule has 0 radical (unpaired) electrons. The van der Waals surface area contributed by atoms with E-state index in [1.165, 1.54) is 18.2 Å². The van der Waals surface area contributed by atoms with Crippen LogP contribution in [0.15, 0.2) is 72.2 Å². The van der Waals surface area contributed by atoms with Gasteiger partial charge in [0.2, 0.25) is 0 Å². The number of hydrogen-bond acceptors (Lipinski definition) is 12. The van der Waals surface area contributed by atoms with E-state index in [1.54, 1.807) is 0 Å². The largest absolute Gasteiger partial charge is 0.457 e. The van der Waals surface area contributed by atoms with Gasteiger partial charge in [-0.05, 0) is 18.2 Å². The average molecular weight is 611 g/mol. The molecule has 16 heteroatoms. The fraction of sp³-hybridized carbons (Fsp3) is 0.273. The number of carbonyl (C=O) groups is 2. The van der Waals surface area contributed by atoms with Crippen molar-refractivity contribution < 1.29 is 52.7 Å². The van der Waals surface area contributed by atoms with E-state index in [2.05, 4.69) is 26.3 Å². The normalized spacial score (nSPS) is 12.5. The Hall–Kier alpha value is -3.08. The molecule has 1 rings (SSSR count). The second-order valence-corrected chi connectivity index (χ2v) is 15.6. The Kier molecular flexibility index (Phi) is 11.4. The van der Waals surface area contributed by atoms with Crippen molar-refractivity contribution in [1.29, 1.82) is 0 Å². The Balaban J connectivity index is 3.24. The average Bonchev–Trinajstić information content (AvgIpc) is 2.83. The van der Waals surface area contributed by atoms with Gasteiger partial charge in [-0.3, -0.25) is 0 Å². The highest BCUT2D eigenvalue weighted by molar-refractivity contribution is 7.95. The lowest BCUT2D eigenvalue weighted by Crippen LogP contribution is -2.33. The quantitative estimate of drug-likeness (QED) is 0.242. The van der Waals surface area contributed by atoms with Crippen molar-refractivity contribution in [3.05, 3.63) is 83.3 Å². The van der Waals surface area contributed by atoms with Crippen molar-refractivity contribution in [3.63, 3.8) is 0 Å². The Labute approximate surface area is 222 Å². The molecule has 0 unspecified atom stereocenters. The lowest BCUT2D eigenvalue weighted by atomic mass is 10.1. The van der Waals surface area contributed by atoms with Gasteiger partial charge in [-0.15, -0.1) is 0 Å². The summed E-state index contributed by atoms with van der Waals surface area (Å²) < 4.78 is 105. The molecule has 12 nitrogen and oxygen atoms in total. The van der Waals surface area contributed by atoms with Gasteiger partial charge >= 0.3 is 11.9 Å². The van der Waals surface area contributed by atoms with E-state index in [0.29, 0.717) is 21.6 Å². The van der Waals surface area contributed by atoms with E-state index in [9.17, 15) is 43.3 Å². The van der Waals surface area contributed by atoms with Crippen molar-refractivity contribution in [1.82, 2.24) is 0 Å². The van der Waals surface area contributed by atoms with Crippen molar-refractivity contribution >= 4 is 51.3 Å². The van der Waals surface area contributed by atoms with Gasteiger partial charge in [0.05, 0.1) is 34.1 Å². The third kappa shape index (κ3) is 11.1. The van der Waals surface area contributed by atoms with Gasteiger partial charge in [-0.25, -0.2) is 43.3 Å². The molecule has 0 saturated heterocycles. The van der Waals surface area contributed by atoms with Gasteiger partial charge in [-0.2, -0.15) is 0 Å². The van der Waals surface area contributed by atoms with E-state index >= 15 is 0 Å². The molecule has 0 bridgehead atoms. The van der Waals surface area contributed by atoms with Gasteiger partial charge < -0.3 is 9.47 Å². The Morgan fingerprint density at radius 1 is 0.605 bits per heavy atom. The number of carbonyl (C=O) groups excluding carboxylic acids is 2. The molecule has 0 amide bonds. The predicted octanol–water partition coefficient (Wildman–Crippen LogP) is 0.971. The molecule has 38 heavy (non-hydrogen) atoms. The summed E-state index contributed by atoms with van der Waals surface area (Å²) in [6.07, 6.45) is -3.30. The molecular weight excluding hydrogens is 584 g/mol. The van der Waals surface area contributed by atoms with Crippen LogP contribution in [0.2, 0.25) is 0 Å². The van der Waals surface area contributed by atoms with Crippen LogP contribution in [0.5, 0.6) is 0 Å². The summed E-state index contributed by atoms with van der Waals surface area (Å²) in [5.41, 5.74) is -0.629. The van der Waals surface area contributed by atoms with Gasteiger partial charge in [0.15, 0.2) is 39.3 Å². The van der Waals surface area contributed by atoms with Crippen LogP contribution >= 0.6 is 0 Å². The highest BCUT2D eigenvalue weighted by Crippen LogP contribution is 2.15. The second kappa shape index (κ2) is 13.1. The smallest absolute Gasteiger partial charge is 0.338 e. The maximum absolute atomic E-state index is 12.7. The fourth-order valence-corrected chi connectivity index (χ4v) is 6.41. The Bertz CT molecular complexity index is 1340. The molecule has 0 aromatic heterocycles. The Morgan fingerprint density at radius 3 is 1.11 bits per heavy atom. The van der Waals surface area contributed by atoms with Crippen LogP contribution in [0.4, 0.5) is 0 Å². The molecule has 0 atom stereocenters. The van der Waals surface area contributed by atoms with Gasteiger partial charge in [0.25, 0.3) is 0 Å². The molecule has 0 heterocycles. The summed E-state index contributed by atoms with van der Waals surface area (Å²) in [7, 11) is -16.0. The third-order valence-electron chi connectivity index (χ3n) is 4.57. The minimum absolute atomic E-state index is 0.314. The van der Waals surface area contributed by atoms with Crippen LogP contribution in [0.25, 0.3) is 0 Å². The van der Waals surface area contributed by atoms with Crippen LogP contribution in [0.1, 0.15) is 20.7 Å². The molecule has 1 aromatic carbocycles. The zero-order valence-corrected chi connectivity index (χ0v) is 23.2. The summed E-state index contributed by atoms with van der Waals surface area (Å²) in [5, 5.41) is 2.28. The first kappa shape index (κ1) is 32.9. The van der Waals surface area contributed by atoms with E-state index in [4.69, 9.17) is 9.47 Å². The summed E-state index contributed by atoms with van der Waals surface area (Å²) in [6.45, 7) is 12.5. The molecule has 0 aliphatic rings. The third-order valence-corrected chi connectivity index (χ3v) is 9.95. The number of sulfone groups is 4. The molecule has 0 N–H and O–H groups in total. The summed E-state index contributed by atoms with van der Waals surface area (Å²) in [6, 6.07) is 4.50. The number of hydrogen-bond donors (Lipinski definition) is 0. The van der Waals surface area contributed by atoms with Crippen LogP contribution in [-0.4, -0.2) is 80.8 Å². The van der Waals surface area contributed by atoms with Gasteiger partial charge in [0, 0.05) is 21.6 Å². The van der Waals surface area contributed by atoms with E-state index in [-0.39, 0.29) is 11.1 Å². The highest BCUT2D eigenvalue weighted by Gasteiger charge is 2.28. The van der Waals surface area contributed by atoms with E-state index < -0.39 is 86.5 Å². The fourth-order valence-electron chi connectivity index (χ4n) is 2.75. The molecule has 0 spiro atoms. The zero-order chi connectivity index (χ0) is 29.4. The first-order chi connectivity index (χ1) is 17.4. The maximum atomic E-state index is 12.7. The number of ether oxygens (including phenoxy) is 2. The van der Waals surface area contributed by atoms with E-state index in [1.807, 2.05) is 0 Å². The number of rotatable bonds is 16. The van der Waals surface area contributed by atoms with Crippen LogP contribution < -0.4 is 0 Å². The molecule has 0 aliphatic heterocycles. The monoisotopic (exact) mass is 610 g/mol. The van der Waals surface area contributed by atoms with Crippen LogP contribution in [0.3, 0.4) is 0 Å². The SMILES string of the molecule is C=CS(=O)(=O)CC(CS(=O)(=O)C=C)OC(=O)c1cccc(C(=O)OC(CS(=O)(=O)C=C)CS(=O)(=O)C=C)c1. The lowest BCUT2D eigenvalue weighted by Gasteiger charge is -2.18. The second-order valence-electron chi connectivity index (χ2n) is 7.62.